The van der Waals surface area contributed by atoms with Gasteiger partial charge in [0.1, 0.15) is 5.82 Å². The minimum Gasteiger partial charge on any atom is -0.337 e. The van der Waals surface area contributed by atoms with E-state index in [1.165, 1.54) is 12.1 Å². The number of amides is 2. The second-order valence-electron chi connectivity index (χ2n) is 10.2. The number of hydrogen-bond donors (Lipinski definition) is 2. The van der Waals surface area contributed by atoms with Crippen LogP contribution in [-0.2, 0) is 18.6 Å². The van der Waals surface area contributed by atoms with Crippen molar-refractivity contribution in [1.82, 2.24) is 20.1 Å². The van der Waals surface area contributed by atoms with Crippen LogP contribution in [0, 0.1) is 16.7 Å². The first-order valence-corrected chi connectivity index (χ1v) is 12.3. The second-order valence-corrected chi connectivity index (χ2v) is 10.2. The molecule has 10 heteroatoms. The van der Waals surface area contributed by atoms with Crippen molar-refractivity contribution in [2.45, 2.75) is 50.1 Å². The van der Waals surface area contributed by atoms with E-state index in [1.54, 1.807) is 41.9 Å². The molecule has 192 valence electrons. The lowest BCUT2D eigenvalue weighted by Crippen LogP contribution is -2.50. The molecule has 7 nitrogen and oxygen atoms in total. The number of nitrogens with one attached hydrogen (secondary N) is 2. The van der Waals surface area contributed by atoms with E-state index in [0.717, 1.165) is 50.4 Å². The fourth-order valence-electron chi connectivity index (χ4n) is 5.89. The Kier molecular flexibility index (Phi) is 6.18. The maximum atomic E-state index is 13.6. The van der Waals surface area contributed by atoms with Crippen LogP contribution in [0.4, 0.5) is 23.7 Å². The van der Waals surface area contributed by atoms with Crippen molar-refractivity contribution in [3.63, 3.8) is 0 Å². The molecule has 2 aromatic carbocycles. The van der Waals surface area contributed by atoms with Crippen LogP contribution in [0.3, 0.4) is 0 Å². The molecule has 2 bridgehead atoms. The normalized spacial score (nSPS) is 22.9. The second kappa shape index (κ2) is 9.21. The number of carbonyl (C=O) groups is 1. The lowest BCUT2D eigenvalue weighted by molar-refractivity contribution is -0.137. The molecular formula is C27H27F3N6O. The molecule has 1 heterocycles. The zero-order valence-electron chi connectivity index (χ0n) is 20.4. The smallest absolute Gasteiger partial charge is 0.337 e. The average Bonchev–Trinajstić information content (AvgIpc) is 3.30. The maximum absolute atomic E-state index is 13.6. The van der Waals surface area contributed by atoms with Gasteiger partial charge in [0.2, 0.25) is 0 Å². The number of aromatic nitrogens is 3. The minimum atomic E-state index is -4.48. The van der Waals surface area contributed by atoms with Crippen LogP contribution in [-0.4, -0.2) is 27.3 Å². The van der Waals surface area contributed by atoms with Gasteiger partial charge in [-0.15, -0.1) is 10.2 Å². The summed E-state index contributed by atoms with van der Waals surface area (Å²) in [7, 11) is 1.75. The van der Waals surface area contributed by atoms with Crippen LogP contribution < -0.4 is 10.6 Å². The van der Waals surface area contributed by atoms with Crippen LogP contribution in [0.15, 0.2) is 48.5 Å². The summed E-state index contributed by atoms with van der Waals surface area (Å²) in [4.78, 5) is 12.5. The molecule has 6 rings (SSSR count). The Morgan fingerprint density at radius 2 is 1.68 bits per heavy atom. The number of nitrogens with zero attached hydrogens (tertiary/aromatic N) is 4. The molecule has 3 aliphatic carbocycles. The predicted octanol–water partition coefficient (Wildman–Crippen LogP) is 5.79. The molecule has 37 heavy (non-hydrogen) atoms. The first kappa shape index (κ1) is 24.8. The number of benzene rings is 2. The molecule has 3 saturated carbocycles. The van der Waals surface area contributed by atoms with E-state index in [2.05, 4.69) is 20.8 Å². The molecule has 1 aromatic heterocycles. The number of alkyl halides is 3. The fraction of sp³-hybridized carbons (Fsp3) is 0.407. The number of urea groups is 1. The van der Waals surface area contributed by atoms with Gasteiger partial charge in [-0.25, -0.2) is 4.79 Å². The summed E-state index contributed by atoms with van der Waals surface area (Å²) in [6, 6.07) is 13.9. The number of carbonyl (C=O) groups excluding carboxylic acids is 1. The van der Waals surface area contributed by atoms with Gasteiger partial charge in [0, 0.05) is 30.3 Å². The number of fused-ring (bicyclic) bond motifs is 3. The van der Waals surface area contributed by atoms with Crippen molar-refractivity contribution in [3.8, 4) is 17.5 Å². The highest BCUT2D eigenvalue weighted by Crippen LogP contribution is 2.57. The Hall–Kier alpha value is -3.87. The van der Waals surface area contributed by atoms with Gasteiger partial charge in [-0.2, -0.15) is 18.4 Å². The van der Waals surface area contributed by atoms with Crippen LogP contribution >= 0.6 is 0 Å². The van der Waals surface area contributed by atoms with Gasteiger partial charge >= 0.3 is 12.2 Å². The summed E-state index contributed by atoms with van der Waals surface area (Å²) in [6.07, 6.45) is 0.745. The molecule has 3 fully saturated rings. The highest BCUT2D eigenvalue weighted by atomic mass is 19.4. The lowest BCUT2D eigenvalue weighted by Gasteiger charge is -2.52. The summed E-state index contributed by atoms with van der Waals surface area (Å²) >= 11 is 0. The summed E-state index contributed by atoms with van der Waals surface area (Å²) in [5, 5.41) is 23.3. The molecule has 2 N–H and O–H groups in total. The topological polar surface area (TPSA) is 95.6 Å². The van der Waals surface area contributed by atoms with Crippen LogP contribution in [0.1, 0.15) is 55.5 Å². The van der Waals surface area contributed by atoms with Crippen LogP contribution in [0.25, 0.3) is 11.4 Å². The molecule has 0 spiro atoms. The Morgan fingerprint density at radius 1 is 1.03 bits per heavy atom. The maximum Gasteiger partial charge on any atom is 0.417 e. The number of anilines is 1. The highest BCUT2D eigenvalue weighted by Gasteiger charge is 2.51. The third-order valence-electron chi connectivity index (χ3n) is 8.12. The molecule has 3 aromatic rings. The van der Waals surface area contributed by atoms with E-state index in [1.807, 2.05) is 6.07 Å². The van der Waals surface area contributed by atoms with E-state index in [9.17, 15) is 18.0 Å². The van der Waals surface area contributed by atoms with Gasteiger partial charge in [0.25, 0.3) is 0 Å². The monoisotopic (exact) mass is 508 g/mol. The van der Waals surface area contributed by atoms with Gasteiger partial charge in [0.05, 0.1) is 17.2 Å². The molecule has 0 aliphatic heterocycles. The molecule has 0 radical (unpaired) electrons. The summed E-state index contributed by atoms with van der Waals surface area (Å²) in [6.45, 7) is 0.550. The van der Waals surface area contributed by atoms with Crippen LogP contribution in [0.5, 0.6) is 0 Å². The van der Waals surface area contributed by atoms with Gasteiger partial charge in [-0.1, -0.05) is 18.2 Å². The standard InChI is InChI=1S/C27H27F3N6O/c1-36-22(20-4-2-3-5-21(20)27(28,29)30)34-35-23(36)26-13-10-25(11-14-26,12-15-26)17-32-24(37)33-19-8-6-18(16-31)7-9-19/h2-9H,10-15,17H2,1H3,(H2,32,33,37). The van der Waals surface area contributed by atoms with Crippen LogP contribution in [0.2, 0.25) is 0 Å². The molecule has 3 aliphatic rings. The molecule has 2 amide bonds. The van der Waals surface area contributed by atoms with Gasteiger partial charge in [-0.05, 0) is 74.3 Å². The lowest BCUT2D eigenvalue weighted by atomic mass is 9.53. The van der Waals surface area contributed by atoms with Gasteiger partial charge in [-0.3, -0.25) is 0 Å². The summed E-state index contributed by atoms with van der Waals surface area (Å²) < 4.78 is 42.5. The average molecular weight is 509 g/mol. The van der Waals surface area contributed by atoms with Gasteiger partial charge < -0.3 is 15.2 Å². The number of hydrogen-bond acceptors (Lipinski definition) is 4. The zero-order valence-corrected chi connectivity index (χ0v) is 20.4. The predicted molar refractivity (Wildman–Crippen MR) is 131 cm³/mol. The Morgan fingerprint density at radius 3 is 2.30 bits per heavy atom. The molecule has 0 saturated heterocycles. The highest BCUT2D eigenvalue weighted by molar-refractivity contribution is 5.89. The third-order valence-corrected chi connectivity index (χ3v) is 8.12. The Labute approximate surface area is 212 Å². The Bertz CT molecular complexity index is 1330. The van der Waals surface area contributed by atoms with Crippen molar-refractivity contribution < 1.29 is 18.0 Å². The van der Waals surface area contributed by atoms with Crippen molar-refractivity contribution in [2.75, 3.05) is 11.9 Å². The number of halogens is 3. The molecule has 0 unspecified atom stereocenters. The largest absolute Gasteiger partial charge is 0.417 e. The number of rotatable bonds is 5. The van der Waals surface area contributed by atoms with Crippen molar-refractivity contribution in [3.05, 3.63) is 65.5 Å². The number of nitriles is 1. The first-order valence-electron chi connectivity index (χ1n) is 12.3. The minimum absolute atomic E-state index is 0.00589. The summed E-state index contributed by atoms with van der Waals surface area (Å²) in [5.41, 5.74) is 0.230. The molecule has 0 atom stereocenters. The summed E-state index contributed by atoms with van der Waals surface area (Å²) in [5.74, 6) is 0.958. The van der Waals surface area contributed by atoms with E-state index >= 15 is 0 Å². The fourth-order valence-corrected chi connectivity index (χ4v) is 5.89. The SMILES string of the molecule is Cn1c(-c2ccccc2C(F)(F)F)nnc1C12CCC(CNC(=O)Nc3ccc(C#N)cc3)(CC1)CC2. The Balaban J connectivity index is 1.25. The quantitative estimate of drug-likeness (QED) is 0.456. The van der Waals surface area contributed by atoms with E-state index < -0.39 is 11.7 Å². The van der Waals surface area contributed by atoms with E-state index in [0.29, 0.717) is 17.8 Å². The van der Waals surface area contributed by atoms with E-state index in [-0.39, 0.29) is 28.2 Å². The molecular weight excluding hydrogens is 481 g/mol. The van der Waals surface area contributed by atoms with Crippen molar-refractivity contribution in [2.24, 2.45) is 12.5 Å². The van der Waals surface area contributed by atoms with Crippen molar-refractivity contribution in [1.29, 1.82) is 5.26 Å². The first-order chi connectivity index (χ1) is 17.6. The van der Waals surface area contributed by atoms with Gasteiger partial charge in [0.15, 0.2) is 5.82 Å². The third kappa shape index (κ3) is 4.66. The van der Waals surface area contributed by atoms with Crippen molar-refractivity contribution >= 4 is 11.7 Å². The zero-order chi connectivity index (χ0) is 26.3. The van der Waals surface area contributed by atoms with E-state index in [4.69, 9.17) is 5.26 Å².